The molecule has 1 atom stereocenters. The molecule has 9 heavy (non-hydrogen) atoms. The Morgan fingerprint density at radius 3 is 1.44 bits per heavy atom. The molecule has 0 radical (unpaired) electrons. The van der Waals surface area contributed by atoms with E-state index in [-0.39, 0.29) is 0 Å². The molecule has 0 bridgehead atoms. The molecule has 1 unspecified atom stereocenters. The second-order valence-corrected chi connectivity index (χ2v) is 8.12. The van der Waals surface area contributed by atoms with Crippen LogP contribution in [0.3, 0.4) is 0 Å². The average Bonchev–Trinajstić information content (AvgIpc) is 1.62. The van der Waals surface area contributed by atoms with Crippen LogP contribution >= 0.6 is 0 Å². The summed E-state index contributed by atoms with van der Waals surface area (Å²) in [5.41, 5.74) is 0. The minimum Gasteiger partial charge on any atom is -0.331 e. The summed E-state index contributed by atoms with van der Waals surface area (Å²) < 4.78 is 2.39. The highest BCUT2D eigenvalue weighted by molar-refractivity contribution is 6.57. The monoisotopic (exact) mass is 145 g/mol. The van der Waals surface area contributed by atoms with Crippen LogP contribution < -0.4 is 0 Å². The Kier molecular flexibility index (Phi) is 2.90. The van der Waals surface area contributed by atoms with Gasteiger partial charge in [-0.3, -0.25) is 0 Å². The number of nitrogens with zero attached hydrogens (tertiary/aromatic N) is 1. The first-order valence-electron chi connectivity index (χ1n) is 3.52. The molecule has 0 saturated heterocycles. The Bertz CT molecular complexity index is 83.4. The highest BCUT2D eigenvalue weighted by Crippen LogP contribution is 2.27. The topological polar surface area (TPSA) is 3.24 Å². The van der Waals surface area contributed by atoms with E-state index in [0.717, 1.165) is 0 Å². The van der Waals surface area contributed by atoms with Gasteiger partial charge in [-0.1, -0.05) is 27.3 Å². The molecule has 0 aliphatic heterocycles. The van der Waals surface area contributed by atoms with Gasteiger partial charge in [0.25, 0.3) is 0 Å². The second kappa shape index (κ2) is 2.84. The van der Waals surface area contributed by atoms with Crippen molar-refractivity contribution in [3.05, 3.63) is 0 Å². The Hall–Kier alpha value is 0.177. The van der Waals surface area contributed by atoms with E-state index in [4.69, 9.17) is 0 Å². The van der Waals surface area contributed by atoms with E-state index in [2.05, 4.69) is 46.0 Å². The summed E-state index contributed by atoms with van der Waals surface area (Å²) in [5.74, 6) is 0. The van der Waals surface area contributed by atoms with Gasteiger partial charge in [0.05, 0.1) is 0 Å². The molecule has 0 fully saturated rings. The Morgan fingerprint density at radius 1 is 1.11 bits per heavy atom. The maximum atomic E-state index is 2.39. The van der Waals surface area contributed by atoms with Gasteiger partial charge in [-0.15, -0.1) is 0 Å². The Balaban J connectivity index is 3.88. The van der Waals surface area contributed by atoms with E-state index in [9.17, 15) is 0 Å². The molecule has 0 amide bonds. The van der Waals surface area contributed by atoms with Gasteiger partial charge in [0.1, 0.15) is 8.96 Å². The van der Waals surface area contributed by atoms with E-state index >= 15 is 0 Å². The van der Waals surface area contributed by atoms with Crippen molar-refractivity contribution >= 4 is 8.96 Å². The van der Waals surface area contributed by atoms with Crippen LogP contribution in [0.1, 0.15) is 20.8 Å². The minimum absolute atomic E-state index is 0.545. The highest BCUT2D eigenvalue weighted by atomic mass is 28.3. The third kappa shape index (κ3) is 3.01. The van der Waals surface area contributed by atoms with Gasteiger partial charge < -0.3 is 4.57 Å². The van der Waals surface area contributed by atoms with Gasteiger partial charge in [-0.25, -0.2) is 0 Å². The van der Waals surface area contributed by atoms with Gasteiger partial charge in [-0.05, 0) is 19.1 Å². The van der Waals surface area contributed by atoms with E-state index in [1.807, 2.05) is 0 Å². The van der Waals surface area contributed by atoms with Gasteiger partial charge >= 0.3 is 0 Å². The van der Waals surface area contributed by atoms with Crippen LogP contribution in [0.4, 0.5) is 0 Å². The largest absolute Gasteiger partial charge is 0.331 e. The van der Waals surface area contributed by atoms with Crippen molar-refractivity contribution in [2.75, 3.05) is 14.1 Å². The Morgan fingerprint density at radius 2 is 1.44 bits per heavy atom. The van der Waals surface area contributed by atoms with E-state index in [0.29, 0.717) is 5.04 Å². The standard InChI is InChI=1S/C7H19NSi/c1-7(2,3)9(6)8(4)5/h9H,1-6H3. The fraction of sp³-hybridized carbons (Fsp3) is 1.00. The first kappa shape index (κ1) is 9.18. The lowest BCUT2D eigenvalue weighted by Crippen LogP contribution is -2.37. The first-order valence-corrected chi connectivity index (χ1v) is 5.77. The second-order valence-electron chi connectivity index (χ2n) is 4.01. The van der Waals surface area contributed by atoms with Crippen molar-refractivity contribution in [3.63, 3.8) is 0 Å². The highest BCUT2D eigenvalue weighted by Gasteiger charge is 2.22. The van der Waals surface area contributed by atoms with E-state index in [1.165, 1.54) is 0 Å². The minimum atomic E-state index is -0.630. The molecule has 0 aliphatic rings. The van der Waals surface area contributed by atoms with Crippen LogP contribution in [-0.4, -0.2) is 27.6 Å². The molecule has 0 N–H and O–H groups in total. The fourth-order valence-corrected chi connectivity index (χ4v) is 2.32. The third-order valence-corrected chi connectivity index (χ3v) is 6.08. The molecule has 0 aromatic carbocycles. The predicted molar refractivity (Wildman–Crippen MR) is 46.4 cm³/mol. The summed E-state index contributed by atoms with van der Waals surface area (Å²) in [6, 6.07) is 0. The fourth-order valence-electron chi connectivity index (χ4n) is 0.775. The molecule has 0 saturated carbocycles. The third-order valence-electron chi connectivity index (χ3n) is 2.03. The molecule has 0 heterocycles. The molecule has 2 heteroatoms. The molecule has 1 nitrogen and oxygen atoms in total. The van der Waals surface area contributed by atoms with Gasteiger partial charge in [-0.2, -0.15) is 0 Å². The number of rotatable bonds is 1. The van der Waals surface area contributed by atoms with Crippen molar-refractivity contribution in [2.24, 2.45) is 0 Å². The molecule has 0 aromatic heterocycles. The molecule has 0 spiro atoms. The normalized spacial score (nSPS) is 16.3. The van der Waals surface area contributed by atoms with Gasteiger partial charge in [0, 0.05) is 0 Å². The maximum Gasteiger partial charge on any atom is 0.113 e. The summed E-state index contributed by atoms with van der Waals surface area (Å²) in [7, 11) is 3.73. The van der Waals surface area contributed by atoms with Crippen molar-refractivity contribution in [3.8, 4) is 0 Å². The lowest BCUT2D eigenvalue weighted by Gasteiger charge is -2.31. The molecule has 0 aromatic rings. The van der Waals surface area contributed by atoms with Crippen LogP contribution in [0.2, 0.25) is 11.6 Å². The van der Waals surface area contributed by atoms with Crippen LogP contribution in [0, 0.1) is 0 Å². The Labute approximate surface area is 60.7 Å². The van der Waals surface area contributed by atoms with Crippen LogP contribution in [-0.2, 0) is 0 Å². The SMILES string of the molecule is CN(C)[SiH](C)C(C)(C)C. The zero-order valence-electron chi connectivity index (χ0n) is 7.52. The van der Waals surface area contributed by atoms with E-state index < -0.39 is 8.96 Å². The van der Waals surface area contributed by atoms with Crippen molar-refractivity contribution in [1.29, 1.82) is 0 Å². The summed E-state index contributed by atoms with van der Waals surface area (Å²) in [4.78, 5) is 0. The molecular weight excluding hydrogens is 126 g/mol. The van der Waals surface area contributed by atoms with Crippen molar-refractivity contribution < 1.29 is 0 Å². The van der Waals surface area contributed by atoms with Crippen molar-refractivity contribution in [1.82, 2.24) is 4.57 Å². The molecule has 56 valence electrons. The first-order chi connectivity index (χ1) is 3.85. The quantitative estimate of drug-likeness (QED) is 0.508. The summed E-state index contributed by atoms with van der Waals surface area (Å²) in [6.07, 6.45) is 0. The van der Waals surface area contributed by atoms with Crippen molar-refractivity contribution in [2.45, 2.75) is 32.4 Å². The molecule has 0 aliphatic carbocycles. The van der Waals surface area contributed by atoms with Crippen LogP contribution in [0.5, 0.6) is 0 Å². The average molecular weight is 145 g/mol. The smallest absolute Gasteiger partial charge is 0.113 e. The summed E-state index contributed by atoms with van der Waals surface area (Å²) in [5, 5.41) is 0.545. The van der Waals surface area contributed by atoms with Crippen LogP contribution in [0.25, 0.3) is 0 Å². The lowest BCUT2D eigenvalue weighted by atomic mass is 10.3. The number of hydrogen-bond donors (Lipinski definition) is 0. The van der Waals surface area contributed by atoms with Gasteiger partial charge in [0.15, 0.2) is 0 Å². The van der Waals surface area contributed by atoms with E-state index in [1.54, 1.807) is 0 Å². The summed E-state index contributed by atoms with van der Waals surface area (Å²) in [6.45, 7) is 9.36. The number of hydrogen-bond acceptors (Lipinski definition) is 1. The lowest BCUT2D eigenvalue weighted by molar-refractivity contribution is 0.578. The molecular formula is C7H19NSi. The van der Waals surface area contributed by atoms with Gasteiger partial charge in [0.2, 0.25) is 0 Å². The predicted octanol–water partition coefficient (Wildman–Crippen LogP) is 1.70. The zero-order chi connectivity index (χ0) is 7.65. The zero-order valence-corrected chi connectivity index (χ0v) is 8.68. The van der Waals surface area contributed by atoms with Crippen LogP contribution in [0.15, 0.2) is 0 Å². The maximum absolute atomic E-state index is 2.39. The summed E-state index contributed by atoms with van der Waals surface area (Å²) >= 11 is 0. The molecule has 0 rings (SSSR count).